The molecular weight excluding hydrogens is 416 g/mol. The van der Waals surface area contributed by atoms with Crippen molar-refractivity contribution in [2.45, 2.75) is 44.6 Å². The Kier molecular flexibility index (Phi) is 6.45. The minimum atomic E-state index is -3.79. The second-order valence-corrected chi connectivity index (χ2v) is 9.65. The van der Waals surface area contributed by atoms with Gasteiger partial charge in [-0.05, 0) is 56.8 Å². The summed E-state index contributed by atoms with van der Waals surface area (Å²) < 4.78 is 36.1. The van der Waals surface area contributed by atoms with Gasteiger partial charge in [-0.1, -0.05) is 13.3 Å². The van der Waals surface area contributed by atoms with E-state index in [9.17, 15) is 18.0 Å². The number of amides is 1. The van der Waals surface area contributed by atoms with Crippen molar-refractivity contribution in [1.82, 2.24) is 4.72 Å². The van der Waals surface area contributed by atoms with Crippen LogP contribution in [-0.2, 0) is 27.6 Å². The Morgan fingerprint density at radius 1 is 1.31 bits per heavy atom. The van der Waals surface area contributed by atoms with E-state index in [0.29, 0.717) is 16.5 Å². The summed E-state index contributed by atoms with van der Waals surface area (Å²) in [7, 11) is -2.54. The van der Waals surface area contributed by atoms with Gasteiger partial charge in [0.05, 0.1) is 12.2 Å². The molecule has 0 bridgehead atoms. The molecule has 0 unspecified atom stereocenters. The average molecular weight is 441 g/mol. The van der Waals surface area contributed by atoms with Crippen LogP contribution in [-0.4, -0.2) is 33.9 Å². The molecule has 1 aliphatic carbocycles. The standard InChI is InChI=1S/C19H24N2O6S2/c1-4-11-6-7-12-14(10-11)28-18(16(12)19(23)26-5-2)21-17(22)13-8-9-15(27-13)29(24,25)20-3/h8-9,11,20H,4-7,10H2,1-3H3,(H,21,22)/t11-/m0/s1. The molecule has 29 heavy (non-hydrogen) atoms. The maximum Gasteiger partial charge on any atom is 0.341 e. The van der Waals surface area contributed by atoms with Crippen molar-refractivity contribution in [2.24, 2.45) is 5.92 Å². The van der Waals surface area contributed by atoms with Crippen LogP contribution in [0.2, 0.25) is 0 Å². The van der Waals surface area contributed by atoms with Crippen LogP contribution in [0, 0.1) is 5.92 Å². The Balaban J connectivity index is 1.91. The van der Waals surface area contributed by atoms with E-state index in [4.69, 9.17) is 9.15 Å². The molecule has 10 heteroatoms. The third-order valence-corrected chi connectivity index (χ3v) is 7.45. The fraction of sp³-hybridized carbons (Fsp3) is 0.474. The fourth-order valence-corrected chi connectivity index (χ4v) is 5.35. The number of thiophene rings is 1. The molecule has 0 saturated heterocycles. The first-order chi connectivity index (χ1) is 13.8. The highest BCUT2D eigenvalue weighted by atomic mass is 32.2. The molecule has 2 heterocycles. The Morgan fingerprint density at radius 3 is 2.72 bits per heavy atom. The number of furan rings is 1. The number of nitrogens with one attached hydrogen (secondary N) is 2. The van der Waals surface area contributed by atoms with Crippen LogP contribution in [0.15, 0.2) is 21.6 Å². The summed E-state index contributed by atoms with van der Waals surface area (Å²) in [6.45, 7) is 4.11. The van der Waals surface area contributed by atoms with E-state index in [2.05, 4.69) is 17.0 Å². The van der Waals surface area contributed by atoms with Crippen molar-refractivity contribution in [3.63, 3.8) is 0 Å². The molecule has 2 aromatic rings. The van der Waals surface area contributed by atoms with Crippen LogP contribution in [0.1, 0.15) is 58.0 Å². The van der Waals surface area contributed by atoms with Crippen LogP contribution >= 0.6 is 11.3 Å². The lowest BCUT2D eigenvalue weighted by Gasteiger charge is -2.20. The van der Waals surface area contributed by atoms with Crippen molar-refractivity contribution in [2.75, 3.05) is 19.0 Å². The molecule has 3 rings (SSSR count). The van der Waals surface area contributed by atoms with Crippen LogP contribution in [0.5, 0.6) is 0 Å². The van der Waals surface area contributed by atoms with Crippen molar-refractivity contribution < 1.29 is 27.2 Å². The van der Waals surface area contributed by atoms with Gasteiger partial charge in [0.2, 0.25) is 5.09 Å². The zero-order valence-electron chi connectivity index (χ0n) is 16.5. The summed E-state index contributed by atoms with van der Waals surface area (Å²) in [5.74, 6) is -0.697. The predicted molar refractivity (Wildman–Crippen MR) is 109 cm³/mol. The van der Waals surface area contributed by atoms with Gasteiger partial charge in [0.15, 0.2) is 5.76 Å². The smallest absolute Gasteiger partial charge is 0.341 e. The number of sulfonamides is 1. The van der Waals surface area contributed by atoms with Gasteiger partial charge >= 0.3 is 5.97 Å². The Morgan fingerprint density at radius 2 is 2.07 bits per heavy atom. The van der Waals surface area contributed by atoms with E-state index >= 15 is 0 Å². The normalized spacial score (nSPS) is 16.3. The largest absolute Gasteiger partial charge is 0.462 e. The number of ether oxygens (including phenoxy) is 1. The molecule has 0 aromatic carbocycles. The van der Waals surface area contributed by atoms with Crippen LogP contribution in [0.25, 0.3) is 0 Å². The number of carbonyl (C=O) groups excluding carboxylic acids is 2. The third-order valence-electron chi connectivity index (χ3n) is 4.99. The zero-order valence-corrected chi connectivity index (χ0v) is 18.2. The number of esters is 1. The van der Waals surface area contributed by atoms with Crippen molar-refractivity contribution >= 4 is 38.2 Å². The highest BCUT2D eigenvalue weighted by Gasteiger charge is 2.30. The van der Waals surface area contributed by atoms with Gasteiger partial charge in [0.1, 0.15) is 5.00 Å². The van der Waals surface area contributed by atoms with E-state index in [1.807, 2.05) is 0 Å². The maximum atomic E-state index is 12.6. The van der Waals surface area contributed by atoms with Crippen LogP contribution < -0.4 is 10.0 Å². The highest BCUT2D eigenvalue weighted by molar-refractivity contribution is 7.89. The van der Waals surface area contributed by atoms with Crippen molar-refractivity contribution in [1.29, 1.82) is 0 Å². The van der Waals surface area contributed by atoms with Gasteiger partial charge in [-0.3, -0.25) is 4.79 Å². The predicted octanol–water partition coefficient (Wildman–Crippen LogP) is 3.19. The molecule has 8 nitrogen and oxygen atoms in total. The third kappa shape index (κ3) is 4.39. The summed E-state index contributed by atoms with van der Waals surface area (Å²) in [6.07, 6.45) is 3.68. The average Bonchev–Trinajstić information content (AvgIpc) is 3.32. The second-order valence-electron chi connectivity index (χ2n) is 6.73. The summed E-state index contributed by atoms with van der Waals surface area (Å²) in [4.78, 5) is 26.3. The minimum Gasteiger partial charge on any atom is -0.462 e. The Bertz CT molecular complexity index is 1020. The van der Waals surface area contributed by atoms with E-state index in [1.165, 1.54) is 30.5 Å². The Labute approximate surface area is 173 Å². The fourth-order valence-electron chi connectivity index (χ4n) is 3.36. The first-order valence-corrected chi connectivity index (χ1v) is 11.8. The van der Waals surface area contributed by atoms with Crippen LogP contribution in [0.4, 0.5) is 5.00 Å². The first kappa shape index (κ1) is 21.5. The lowest BCUT2D eigenvalue weighted by atomic mass is 9.85. The lowest BCUT2D eigenvalue weighted by molar-refractivity contribution is 0.0526. The first-order valence-electron chi connectivity index (χ1n) is 9.47. The lowest BCUT2D eigenvalue weighted by Crippen LogP contribution is -2.18. The number of anilines is 1. The number of rotatable bonds is 7. The zero-order chi connectivity index (χ0) is 21.2. The van der Waals surface area contributed by atoms with Gasteiger partial charge in [-0.25, -0.2) is 17.9 Å². The van der Waals surface area contributed by atoms with E-state index < -0.39 is 21.9 Å². The van der Waals surface area contributed by atoms with Crippen molar-refractivity contribution in [3.8, 4) is 0 Å². The monoisotopic (exact) mass is 440 g/mol. The quantitative estimate of drug-likeness (QED) is 0.639. The summed E-state index contributed by atoms with van der Waals surface area (Å²) in [6, 6.07) is 2.49. The van der Waals surface area contributed by atoms with Crippen LogP contribution in [0.3, 0.4) is 0 Å². The summed E-state index contributed by atoms with van der Waals surface area (Å²) >= 11 is 1.37. The van der Waals surface area contributed by atoms with Gasteiger partial charge in [0.25, 0.3) is 15.9 Å². The number of fused-ring (bicyclic) bond motifs is 1. The molecule has 0 radical (unpaired) electrons. The van der Waals surface area contributed by atoms with E-state index in [-0.39, 0.29) is 17.5 Å². The van der Waals surface area contributed by atoms with Gasteiger partial charge in [-0.2, -0.15) is 0 Å². The number of hydrogen-bond acceptors (Lipinski definition) is 7. The molecule has 2 N–H and O–H groups in total. The minimum absolute atomic E-state index is 0.161. The van der Waals surface area contributed by atoms with Gasteiger partial charge < -0.3 is 14.5 Å². The molecule has 158 valence electrons. The topological polar surface area (TPSA) is 115 Å². The Hall–Kier alpha value is -2.17. The van der Waals surface area contributed by atoms with Gasteiger partial charge in [0, 0.05) is 4.88 Å². The van der Waals surface area contributed by atoms with Crippen molar-refractivity contribution in [3.05, 3.63) is 33.9 Å². The molecule has 1 atom stereocenters. The SMILES string of the molecule is CCOC(=O)c1c(NC(=O)c2ccc(S(=O)(=O)NC)o2)sc2c1CC[C@H](CC)C2. The molecule has 1 aliphatic rings. The summed E-state index contributed by atoms with van der Waals surface area (Å²) in [5.41, 5.74) is 1.33. The number of hydrogen-bond donors (Lipinski definition) is 2. The molecular formula is C19H24N2O6S2. The van der Waals surface area contributed by atoms with E-state index in [1.54, 1.807) is 6.92 Å². The highest BCUT2D eigenvalue weighted by Crippen LogP contribution is 2.41. The molecule has 0 aliphatic heterocycles. The number of carbonyl (C=O) groups is 2. The van der Waals surface area contributed by atoms with Gasteiger partial charge in [-0.15, -0.1) is 11.3 Å². The molecule has 0 fully saturated rings. The van der Waals surface area contributed by atoms with E-state index in [0.717, 1.165) is 36.1 Å². The molecule has 1 amide bonds. The molecule has 0 saturated carbocycles. The second kappa shape index (κ2) is 8.68. The molecule has 0 spiro atoms. The maximum absolute atomic E-state index is 12.6. The summed E-state index contributed by atoms with van der Waals surface area (Å²) in [5, 5.41) is 2.76. The molecule has 2 aromatic heterocycles.